The number of ether oxygens (including phenoxy) is 1. The largest absolute Gasteiger partial charge is 0.378 e. The zero-order valence-electron chi connectivity index (χ0n) is 11.6. The molecule has 0 aliphatic carbocycles. The Bertz CT molecular complexity index is 454. The number of carbonyl (C=O) groups excluding carboxylic acids is 2. The van der Waals surface area contributed by atoms with E-state index in [-0.39, 0.29) is 17.5 Å². The molecule has 1 aliphatic rings. The van der Waals surface area contributed by atoms with Crippen molar-refractivity contribution >= 4 is 11.8 Å². The zero-order valence-corrected chi connectivity index (χ0v) is 11.6. The van der Waals surface area contributed by atoms with E-state index in [0.29, 0.717) is 26.3 Å². The molecule has 2 amide bonds. The van der Waals surface area contributed by atoms with Gasteiger partial charge in [0, 0.05) is 13.1 Å². The number of carbonyl (C=O) groups is 2. The Balaban J connectivity index is 2.02. The number of rotatable bonds is 4. The fourth-order valence-corrected chi connectivity index (χ4v) is 2.02. The molecule has 1 saturated heterocycles. The van der Waals surface area contributed by atoms with Gasteiger partial charge >= 0.3 is 0 Å². The van der Waals surface area contributed by atoms with Crippen molar-refractivity contribution in [2.75, 3.05) is 26.3 Å². The molecule has 110 valence electrons. The molecule has 0 aromatic carbocycles. The van der Waals surface area contributed by atoms with Crippen LogP contribution in [0.4, 0.5) is 0 Å². The maximum atomic E-state index is 12.5. The smallest absolute Gasteiger partial charge is 0.274 e. The summed E-state index contributed by atoms with van der Waals surface area (Å²) in [6.45, 7) is 5.98. The van der Waals surface area contributed by atoms with Crippen LogP contribution in [0.15, 0.2) is 6.20 Å². The monoisotopic (exact) mass is 281 g/mol. The number of aromatic amines is 1. The highest BCUT2D eigenvalue weighted by atomic mass is 16.5. The second-order valence-corrected chi connectivity index (χ2v) is 4.99. The second-order valence-electron chi connectivity index (χ2n) is 4.99. The Morgan fingerprint density at radius 3 is 2.65 bits per heavy atom. The molecular weight excluding hydrogens is 262 g/mol. The molecule has 1 aromatic heterocycles. The van der Waals surface area contributed by atoms with Gasteiger partial charge in [0.25, 0.3) is 5.91 Å². The minimum atomic E-state index is -0.572. The summed E-state index contributed by atoms with van der Waals surface area (Å²) in [6, 6.07) is -0.572. The molecule has 2 rings (SSSR count). The van der Waals surface area contributed by atoms with Crippen LogP contribution in [0.2, 0.25) is 0 Å². The molecule has 1 aromatic rings. The Morgan fingerprint density at radius 1 is 1.40 bits per heavy atom. The third kappa shape index (κ3) is 3.32. The molecule has 2 N–H and O–H groups in total. The lowest BCUT2D eigenvalue weighted by Gasteiger charge is -2.32. The summed E-state index contributed by atoms with van der Waals surface area (Å²) >= 11 is 0. The van der Waals surface area contributed by atoms with E-state index < -0.39 is 11.9 Å². The first-order valence-corrected chi connectivity index (χ1v) is 6.62. The van der Waals surface area contributed by atoms with Crippen LogP contribution in [0, 0.1) is 5.92 Å². The van der Waals surface area contributed by atoms with E-state index in [0.717, 1.165) is 0 Å². The van der Waals surface area contributed by atoms with Crippen LogP contribution in [0.3, 0.4) is 0 Å². The van der Waals surface area contributed by atoms with Crippen molar-refractivity contribution in [1.82, 2.24) is 25.6 Å². The first-order valence-electron chi connectivity index (χ1n) is 6.62. The predicted octanol–water partition coefficient (Wildman–Crippen LogP) is -0.582. The number of hydrogen-bond acceptors (Lipinski definition) is 5. The fourth-order valence-electron chi connectivity index (χ4n) is 2.02. The minimum Gasteiger partial charge on any atom is -0.378 e. The van der Waals surface area contributed by atoms with E-state index in [2.05, 4.69) is 20.7 Å². The summed E-state index contributed by atoms with van der Waals surface area (Å²) in [4.78, 5) is 26.2. The summed E-state index contributed by atoms with van der Waals surface area (Å²) < 4.78 is 5.23. The second kappa shape index (κ2) is 6.47. The maximum absolute atomic E-state index is 12.5. The Labute approximate surface area is 116 Å². The van der Waals surface area contributed by atoms with Crippen LogP contribution in [0.5, 0.6) is 0 Å². The lowest BCUT2D eigenvalue weighted by Crippen LogP contribution is -2.53. The van der Waals surface area contributed by atoms with Crippen molar-refractivity contribution in [2.45, 2.75) is 19.9 Å². The highest BCUT2D eigenvalue weighted by Crippen LogP contribution is 2.09. The average Bonchev–Trinajstić information content (AvgIpc) is 2.98. The molecule has 1 atom stereocenters. The van der Waals surface area contributed by atoms with Gasteiger partial charge in [-0.15, -0.1) is 0 Å². The van der Waals surface area contributed by atoms with Crippen LogP contribution < -0.4 is 5.32 Å². The van der Waals surface area contributed by atoms with Crippen molar-refractivity contribution in [3.8, 4) is 0 Å². The Morgan fingerprint density at radius 2 is 2.10 bits per heavy atom. The normalized spacial score (nSPS) is 17.1. The molecule has 8 heteroatoms. The highest BCUT2D eigenvalue weighted by molar-refractivity contribution is 5.95. The summed E-state index contributed by atoms with van der Waals surface area (Å²) in [6.07, 6.45) is 1.33. The number of nitrogens with one attached hydrogen (secondary N) is 2. The maximum Gasteiger partial charge on any atom is 0.274 e. The first-order chi connectivity index (χ1) is 9.59. The van der Waals surface area contributed by atoms with E-state index in [1.165, 1.54) is 6.20 Å². The number of nitrogens with zero attached hydrogens (tertiary/aromatic N) is 3. The quantitative estimate of drug-likeness (QED) is 0.769. The van der Waals surface area contributed by atoms with Gasteiger partial charge in [0.15, 0.2) is 5.69 Å². The van der Waals surface area contributed by atoms with E-state index in [9.17, 15) is 9.59 Å². The SMILES string of the molecule is CC(C)C(NC(=O)c1cn[nH]n1)C(=O)N1CCOCC1. The molecule has 8 nitrogen and oxygen atoms in total. The third-order valence-electron chi connectivity index (χ3n) is 3.19. The van der Waals surface area contributed by atoms with Crippen molar-refractivity contribution in [2.24, 2.45) is 5.92 Å². The van der Waals surface area contributed by atoms with Crippen LogP contribution in [0.25, 0.3) is 0 Å². The number of morpholine rings is 1. The molecule has 1 aliphatic heterocycles. The van der Waals surface area contributed by atoms with Gasteiger partial charge in [-0.1, -0.05) is 13.8 Å². The topological polar surface area (TPSA) is 100 Å². The molecule has 0 saturated carbocycles. The molecule has 2 heterocycles. The minimum absolute atomic E-state index is 0.0128. The number of H-pyrrole nitrogens is 1. The first kappa shape index (κ1) is 14.4. The van der Waals surface area contributed by atoms with E-state index in [1.54, 1.807) is 4.90 Å². The molecule has 0 radical (unpaired) electrons. The molecule has 20 heavy (non-hydrogen) atoms. The van der Waals surface area contributed by atoms with Crippen LogP contribution in [-0.4, -0.2) is 64.5 Å². The van der Waals surface area contributed by atoms with Gasteiger partial charge in [-0.05, 0) is 5.92 Å². The van der Waals surface area contributed by atoms with Gasteiger partial charge in [-0.2, -0.15) is 15.4 Å². The van der Waals surface area contributed by atoms with Crippen molar-refractivity contribution in [1.29, 1.82) is 0 Å². The summed E-state index contributed by atoms with van der Waals surface area (Å²) in [5.41, 5.74) is 0.172. The molecular formula is C12H19N5O3. The van der Waals surface area contributed by atoms with E-state index in [4.69, 9.17) is 4.74 Å². The highest BCUT2D eigenvalue weighted by Gasteiger charge is 2.30. The van der Waals surface area contributed by atoms with Crippen molar-refractivity contribution < 1.29 is 14.3 Å². The number of hydrogen-bond donors (Lipinski definition) is 2. The van der Waals surface area contributed by atoms with Gasteiger partial charge in [0.1, 0.15) is 6.04 Å². The molecule has 1 fully saturated rings. The average molecular weight is 281 g/mol. The zero-order chi connectivity index (χ0) is 14.5. The molecule has 0 spiro atoms. The van der Waals surface area contributed by atoms with Gasteiger partial charge in [0.05, 0.1) is 19.4 Å². The Hall–Kier alpha value is -1.96. The van der Waals surface area contributed by atoms with Gasteiger partial charge in [-0.3, -0.25) is 9.59 Å². The lowest BCUT2D eigenvalue weighted by molar-refractivity contribution is -0.138. The van der Waals surface area contributed by atoms with E-state index in [1.807, 2.05) is 13.8 Å². The number of aromatic nitrogens is 3. The lowest BCUT2D eigenvalue weighted by atomic mass is 10.0. The summed E-state index contributed by atoms with van der Waals surface area (Å²) in [7, 11) is 0. The van der Waals surface area contributed by atoms with E-state index >= 15 is 0 Å². The summed E-state index contributed by atoms with van der Waals surface area (Å²) in [5, 5.41) is 12.4. The Kier molecular flexibility index (Phi) is 4.67. The van der Waals surface area contributed by atoms with Gasteiger partial charge in [0.2, 0.25) is 5.91 Å². The van der Waals surface area contributed by atoms with Crippen molar-refractivity contribution in [3.63, 3.8) is 0 Å². The van der Waals surface area contributed by atoms with Gasteiger partial charge < -0.3 is 15.0 Å². The predicted molar refractivity (Wildman–Crippen MR) is 69.9 cm³/mol. The fraction of sp³-hybridized carbons (Fsp3) is 0.667. The van der Waals surface area contributed by atoms with Gasteiger partial charge in [-0.25, -0.2) is 0 Å². The van der Waals surface area contributed by atoms with Crippen molar-refractivity contribution in [3.05, 3.63) is 11.9 Å². The van der Waals surface area contributed by atoms with Crippen LogP contribution in [0.1, 0.15) is 24.3 Å². The third-order valence-corrected chi connectivity index (χ3v) is 3.19. The standard InChI is InChI=1S/C12H19N5O3/c1-8(2)10(12(19)17-3-5-20-6-4-17)14-11(18)9-7-13-16-15-9/h7-8,10H,3-6H2,1-2H3,(H,14,18)(H,13,15,16). The summed E-state index contributed by atoms with van der Waals surface area (Å²) in [5.74, 6) is -0.500. The van der Waals surface area contributed by atoms with Crippen LogP contribution >= 0.6 is 0 Å². The molecule has 1 unspecified atom stereocenters. The van der Waals surface area contributed by atoms with Crippen LogP contribution in [-0.2, 0) is 9.53 Å². The number of amides is 2. The molecule has 0 bridgehead atoms.